The summed E-state index contributed by atoms with van der Waals surface area (Å²) in [5.74, 6) is 0.718. The molecular formula is C6H12N2O. The number of hydrogen-bond acceptors (Lipinski definition) is 3. The van der Waals surface area contributed by atoms with Crippen LogP contribution in [0.5, 0.6) is 0 Å². The van der Waals surface area contributed by atoms with Crippen molar-refractivity contribution in [1.82, 2.24) is 5.32 Å². The number of hydrogen-bond donors (Lipinski definition) is 2. The van der Waals surface area contributed by atoms with Gasteiger partial charge in [0.25, 0.3) is 0 Å². The lowest BCUT2D eigenvalue weighted by Crippen LogP contribution is -2.54. The maximum atomic E-state index is 5.47. The zero-order valence-electron chi connectivity index (χ0n) is 5.34. The summed E-state index contributed by atoms with van der Waals surface area (Å²) in [6.45, 7) is 2.65. The summed E-state index contributed by atoms with van der Waals surface area (Å²) in [5.41, 5.74) is 5.47. The lowest BCUT2D eigenvalue weighted by atomic mass is 9.90. The molecule has 3 nitrogen and oxygen atoms in total. The molecule has 0 radical (unpaired) electrons. The van der Waals surface area contributed by atoms with E-state index in [9.17, 15) is 0 Å². The Hall–Kier alpha value is -0.120. The summed E-state index contributed by atoms with van der Waals surface area (Å²) < 4.78 is 5.40. The van der Waals surface area contributed by atoms with Crippen LogP contribution < -0.4 is 11.1 Å². The highest BCUT2D eigenvalue weighted by atomic mass is 16.5. The van der Waals surface area contributed by atoms with Crippen molar-refractivity contribution in [3.05, 3.63) is 0 Å². The monoisotopic (exact) mass is 128 g/mol. The fourth-order valence-electron chi connectivity index (χ4n) is 1.59. The first-order valence-electron chi connectivity index (χ1n) is 3.47. The maximum absolute atomic E-state index is 5.47. The van der Waals surface area contributed by atoms with Crippen molar-refractivity contribution >= 4 is 0 Å². The van der Waals surface area contributed by atoms with Crippen molar-refractivity contribution in [2.75, 3.05) is 19.7 Å². The predicted octanol–water partition coefficient (Wildman–Crippen LogP) is -1.07. The molecule has 2 saturated heterocycles. The summed E-state index contributed by atoms with van der Waals surface area (Å²) in [4.78, 5) is 0. The molecule has 0 saturated carbocycles. The van der Waals surface area contributed by atoms with Crippen LogP contribution >= 0.6 is 0 Å². The minimum atomic E-state index is 0.344. The molecule has 3 unspecified atom stereocenters. The highest BCUT2D eigenvalue weighted by Gasteiger charge is 2.42. The molecule has 2 rings (SSSR count). The van der Waals surface area contributed by atoms with E-state index in [0.717, 1.165) is 19.1 Å². The zero-order valence-corrected chi connectivity index (χ0v) is 5.34. The molecule has 2 aliphatic rings. The molecule has 3 heteroatoms. The normalized spacial score (nSPS) is 48.3. The number of nitrogens with two attached hydrogens (primary N) is 1. The van der Waals surface area contributed by atoms with Crippen molar-refractivity contribution in [2.45, 2.75) is 12.1 Å². The Bertz CT molecular complexity index is 116. The van der Waals surface area contributed by atoms with Crippen molar-refractivity contribution in [1.29, 1.82) is 0 Å². The number of rotatable bonds is 1. The number of fused-ring (bicyclic) bond motifs is 1. The van der Waals surface area contributed by atoms with E-state index < -0.39 is 0 Å². The minimum Gasteiger partial charge on any atom is -0.375 e. The van der Waals surface area contributed by atoms with Crippen molar-refractivity contribution < 1.29 is 4.74 Å². The van der Waals surface area contributed by atoms with Crippen LogP contribution in [0.25, 0.3) is 0 Å². The second kappa shape index (κ2) is 1.94. The van der Waals surface area contributed by atoms with Crippen LogP contribution in [0.3, 0.4) is 0 Å². The molecule has 0 bridgehead atoms. The van der Waals surface area contributed by atoms with Gasteiger partial charge in [-0.1, -0.05) is 0 Å². The third kappa shape index (κ3) is 0.689. The van der Waals surface area contributed by atoms with Crippen LogP contribution in [-0.4, -0.2) is 31.8 Å². The molecule has 52 valence electrons. The third-order valence-electron chi connectivity index (χ3n) is 2.33. The Balaban J connectivity index is 1.97. The summed E-state index contributed by atoms with van der Waals surface area (Å²) in [7, 11) is 0. The molecule has 9 heavy (non-hydrogen) atoms. The SMILES string of the molecule is NCC1OCC2NCC21. The maximum Gasteiger partial charge on any atom is 0.0754 e. The van der Waals surface area contributed by atoms with E-state index in [1.54, 1.807) is 0 Å². The smallest absolute Gasteiger partial charge is 0.0754 e. The first-order valence-corrected chi connectivity index (χ1v) is 3.47. The summed E-state index contributed by atoms with van der Waals surface area (Å²) in [5, 5.41) is 3.29. The molecule has 3 atom stereocenters. The lowest BCUT2D eigenvalue weighted by Gasteiger charge is -2.32. The molecule has 0 aromatic rings. The average Bonchev–Trinajstić information content (AvgIpc) is 2.07. The van der Waals surface area contributed by atoms with Gasteiger partial charge in [-0.2, -0.15) is 0 Å². The van der Waals surface area contributed by atoms with Gasteiger partial charge in [0.1, 0.15) is 0 Å². The van der Waals surface area contributed by atoms with Crippen LogP contribution in [0.4, 0.5) is 0 Å². The van der Waals surface area contributed by atoms with Gasteiger partial charge in [-0.3, -0.25) is 0 Å². The van der Waals surface area contributed by atoms with Gasteiger partial charge in [0.05, 0.1) is 12.7 Å². The fraction of sp³-hybridized carbons (Fsp3) is 1.00. The molecule has 2 aliphatic heterocycles. The Labute approximate surface area is 54.6 Å². The van der Waals surface area contributed by atoms with Crippen molar-refractivity contribution in [3.8, 4) is 0 Å². The topological polar surface area (TPSA) is 47.3 Å². The first-order chi connectivity index (χ1) is 4.42. The predicted molar refractivity (Wildman–Crippen MR) is 34.1 cm³/mol. The molecule has 3 N–H and O–H groups in total. The molecule has 0 amide bonds. The van der Waals surface area contributed by atoms with E-state index in [1.807, 2.05) is 0 Å². The molecule has 2 heterocycles. The lowest BCUT2D eigenvalue weighted by molar-refractivity contribution is 0.0995. The second-order valence-electron chi connectivity index (χ2n) is 2.79. The summed E-state index contributed by atoms with van der Waals surface area (Å²) in [6, 6.07) is 0.624. The standard InChI is InChI=1S/C6H12N2O/c7-1-6-4-2-8-5(4)3-9-6/h4-6,8H,1-3,7H2. The summed E-state index contributed by atoms with van der Waals surface area (Å²) >= 11 is 0. The minimum absolute atomic E-state index is 0.344. The van der Waals surface area contributed by atoms with E-state index in [2.05, 4.69) is 5.32 Å². The van der Waals surface area contributed by atoms with Gasteiger partial charge in [-0.15, -0.1) is 0 Å². The Morgan fingerprint density at radius 1 is 1.67 bits per heavy atom. The van der Waals surface area contributed by atoms with Gasteiger partial charge in [0, 0.05) is 25.0 Å². The molecule has 0 aromatic heterocycles. The Morgan fingerprint density at radius 3 is 2.89 bits per heavy atom. The first kappa shape index (κ1) is 5.65. The van der Waals surface area contributed by atoms with Crippen LogP contribution in [0.1, 0.15) is 0 Å². The fourth-order valence-corrected chi connectivity index (χ4v) is 1.59. The molecular weight excluding hydrogens is 116 g/mol. The third-order valence-corrected chi connectivity index (χ3v) is 2.33. The molecule has 2 fully saturated rings. The molecule has 0 aromatic carbocycles. The number of nitrogens with one attached hydrogen (secondary N) is 1. The van der Waals surface area contributed by atoms with E-state index in [4.69, 9.17) is 10.5 Å². The van der Waals surface area contributed by atoms with Gasteiger partial charge < -0.3 is 15.8 Å². The van der Waals surface area contributed by atoms with Gasteiger partial charge in [0.15, 0.2) is 0 Å². The highest BCUT2D eigenvalue weighted by molar-refractivity contribution is 4.97. The van der Waals surface area contributed by atoms with Gasteiger partial charge in [-0.25, -0.2) is 0 Å². The van der Waals surface area contributed by atoms with Crippen LogP contribution in [-0.2, 0) is 4.74 Å². The highest BCUT2D eigenvalue weighted by Crippen LogP contribution is 2.26. The Kier molecular flexibility index (Phi) is 1.22. The van der Waals surface area contributed by atoms with Gasteiger partial charge in [0.2, 0.25) is 0 Å². The molecule has 0 spiro atoms. The van der Waals surface area contributed by atoms with Crippen LogP contribution in [0, 0.1) is 5.92 Å². The van der Waals surface area contributed by atoms with Gasteiger partial charge >= 0.3 is 0 Å². The van der Waals surface area contributed by atoms with Crippen molar-refractivity contribution in [2.24, 2.45) is 11.7 Å². The average molecular weight is 128 g/mol. The van der Waals surface area contributed by atoms with Crippen molar-refractivity contribution in [3.63, 3.8) is 0 Å². The Morgan fingerprint density at radius 2 is 2.56 bits per heavy atom. The van der Waals surface area contributed by atoms with Crippen LogP contribution in [0.2, 0.25) is 0 Å². The zero-order chi connectivity index (χ0) is 6.27. The van der Waals surface area contributed by atoms with E-state index in [0.29, 0.717) is 18.7 Å². The quantitative estimate of drug-likeness (QED) is 0.473. The van der Waals surface area contributed by atoms with Crippen LogP contribution in [0.15, 0.2) is 0 Å². The largest absolute Gasteiger partial charge is 0.375 e. The number of ether oxygens (including phenoxy) is 1. The second-order valence-corrected chi connectivity index (χ2v) is 2.79. The van der Waals surface area contributed by atoms with E-state index >= 15 is 0 Å². The summed E-state index contributed by atoms with van der Waals surface area (Å²) in [6.07, 6.45) is 0.344. The van der Waals surface area contributed by atoms with E-state index in [-0.39, 0.29) is 0 Å². The van der Waals surface area contributed by atoms with E-state index in [1.165, 1.54) is 0 Å². The molecule has 0 aliphatic carbocycles. The van der Waals surface area contributed by atoms with Gasteiger partial charge in [-0.05, 0) is 0 Å².